The minimum atomic E-state index is -1.58. The Balaban J connectivity index is 2.17. The van der Waals surface area contributed by atoms with Gasteiger partial charge in [-0.15, -0.1) is 0 Å². The van der Waals surface area contributed by atoms with Crippen LogP contribution in [-0.2, 0) is 20.9 Å². The van der Waals surface area contributed by atoms with Crippen LogP contribution in [0.25, 0.3) is 0 Å². The first-order valence-electron chi connectivity index (χ1n) is 9.22. The van der Waals surface area contributed by atoms with Gasteiger partial charge in [-0.25, -0.2) is 4.39 Å². The summed E-state index contributed by atoms with van der Waals surface area (Å²) < 4.78 is 19.7. The number of hydrogen-bond acceptors (Lipinski definition) is 4. The Morgan fingerprint density at radius 1 is 1.33 bits per heavy atom. The van der Waals surface area contributed by atoms with Gasteiger partial charge in [0.1, 0.15) is 11.4 Å². The molecular weight excluding hydrogens is 351 g/mol. The predicted octanol–water partition coefficient (Wildman–Crippen LogP) is 1.81. The van der Waals surface area contributed by atoms with Crippen LogP contribution in [0.15, 0.2) is 24.3 Å². The van der Waals surface area contributed by atoms with Gasteiger partial charge in [-0.2, -0.15) is 0 Å². The molecule has 1 saturated heterocycles. The first-order chi connectivity index (χ1) is 12.6. The van der Waals surface area contributed by atoms with Crippen molar-refractivity contribution in [3.8, 4) is 0 Å². The van der Waals surface area contributed by atoms with E-state index in [1.165, 1.54) is 24.8 Å². The number of halogens is 1. The smallest absolute Gasteiger partial charge is 0.254 e. The summed E-state index contributed by atoms with van der Waals surface area (Å²) >= 11 is 0. The highest BCUT2D eigenvalue weighted by Crippen LogP contribution is 2.17. The Hall–Kier alpha value is -1.99. The third kappa shape index (κ3) is 6.01. The molecule has 0 bridgehead atoms. The van der Waals surface area contributed by atoms with Crippen molar-refractivity contribution in [2.45, 2.75) is 46.0 Å². The molecule has 0 spiro atoms. The van der Waals surface area contributed by atoms with Gasteiger partial charge in [0.25, 0.3) is 5.91 Å². The highest BCUT2D eigenvalue weighted by Gasteiger charge is 2.36. The quantitative estimate of drug-likeness (QED) is 0.817. The van der Waals surface area contributed by atoms with E-state index in [2.05, 4.69) is 0 Å². The summed E-state index contributed by atoms with van der Waals surface area (Å²) in [5.74, 6) is -0.802. The number of carbonyl (C=O) groups is 2. The molecule has 1 atom stereocenters. The molecule has 1 aliphatic rings. The third-order valence-electron chi connectivity index (χ3n) is 4.36. The minimum absolute atomic E-state index is 0.0472. The van der Waals surface area contributed by atoms with Crippen LogP contribution >= 0.6 is 0 Å². The van der Waals surface area contributed by atoms with Gasteiger partial charge < -0.3 is 19.6 Å². The van der Waals surface area contributed by atoms with Gasteiger partial charge in [0.2, 0.25) is 5.91 Å². The van der Waals surface area contributed by atoms with Gasteiger partial charge in [-0.1, -0.05) is 32.0 Å². The minimum Gasteiger partial charge on any atom is -0.381 e. The zero-order valence-corrected chi connectivity index (χ0v) is 16.4. The molecule has 1 aromatic rings. The van der Waals surface area contributed by atoms with Crippen LogP contribution in [-0.4, -0.2) is 64.6 Å². The summed E-state index contributed by atoms with van der Waals surface area (Å²) in [5.41, 5.74) is -1.16. The molecule has 7 heteroatoms. The molecule has 0 aromatic heterocycles. The number of amides is 2. The number of ether oxygens (including phenoxy) is 1. The van der Waals surface area contributed by atoms with Crippen LogP contribution in [0.5, 0.6) is 0 Å². The maximum Gasteiger partial charge on any atom is 0.254 e. The van der Waals surface area contributed by atoms with Gasteiger partial charge in [-0.05, 0) is 25.8 Å². The second kappa shape index (κ2) is 8.80. The lowest BCUT2D eigenvalue weighted by molar-refractivity contribution is -0.151. The molecule has 1 heterocycles. The number of carbonyl (C=O) groups excluding carboxylic acids is 2. The van der Waals surface area contributed by atoms with Gasteiger partial charge in [0, 0.05) is 25.2 Å². The topological polar surface area (TPSA) is 70.1 Å². The lowest BCUT2D eigenvalue weighted by atomic mass is 10.1. The molecule has 0 aliphatic carbocycles. The molecule has 2 amide bonds. The third-order valence-corrected chi connectivity index (χ3v) is 4.36. The second-order valence-corrected chi connectivity index (χ2v) is 7.96. The van der Waals surface area contributed by atoms with E-state index in [1.807, 2.05) is 13.8 Å². The summed E-state index contributed by atoms with van der Waals surface area (Å²) in [6.07, 6.45) is -0.471. The maximum absolute atomic E-state index is 13.9. The van der Waals surface area contributed by atoms with Gasteiger partial charge >= 0.3 is 0 Å². The number of aliphatic hydroxyl groups is 1. The molecule has 1 N–H and O–H groups in total. The molecule has 1 aliphatic heterocycles. The van der Waals surface area contributed by atoms with Crippen molar-refractivity contribution in [1.82, 2.24) is 9.80 Å². The van der Waals surface area contributed by atoms with Gasteiger partial charge in [-0.3, -0.25) is 9.59 Å². The Bertz CT molecular complexity index is 672. The van der Waals surface area contributed by atoms with Crippen LogP contribution in [0.3, 0.4) is 0 Å². The Labute approximate surface area is 159 Å². The van der Waals surface area contributed by atoms with Crippen molar-refractivity contribution >= 4 is 11.8 Å². The highest BCUT2D eigenvalue weighted by atomic mass is 19.1. The second-order valence-electron chi connectivity index (χ2n) is 7.96. The van der Waals surface area contributed by atoms with Gasteiger partial charge in [0.15, 0.2) is 0 Å². The average Bonchev–Trinajstić information content (AvgIpc) is 2.71. The lowest BCUT2D eigenvalue weighted by Crippen LogP contribution is -2.49. The summed E-state index contributed by atoms with van der Waals surface area (Å²) in [6.45, 7) is 7.78. The van der Waals surface area contributed by atoms with Crippen molar-refractivity contribution in [2.75, 3.05) is 26.2 Å². The fourth-order valence-electron chi connectivity index (χ4n) is 3.07. The Morgan fingerprint density at radius 3 is 2.59 bits per heavy atom. The maximum atomic E-state index is 13.9. The molecule has 1 fully saturated rings. The zero-order valence-electron chi connectivity index (χ0n) is 16.4. The van der Waals surface area contributed by atoms with E-state index in [4.69, 9.17) is 4.74 Å². The molecule has 0 radical (unpaired) electrons. The van der Waals surface area contributed by atoms with E-state index in [-0.39, 0.29) is 37.3 Å². The highest BCUT2D eigenvalue weighted by molar-refractivity contribution is 5.89. The SMILES string of the molecule is CC(C)CN1CC(OCc2ccccc2F)CN(C(=O)C(C)(C)O)CC1=O. The van der Waals surface area contributed by atoms with Crippen LogP contribution < -0.4 is 0 Å². The van der Waals surface area contributed by atoms with Crippen molar-refractivity contribution in [1.29, 1.82) is 0 Å². The lowest BCUT2D eigenvalue weighted by Gasteiger charge is -2.28. The molecule has 2 rings (SSSR count). The summed E-state index contributed by atoms with van der Waals surface area (Å²) in [7, 11) is 0. The standard InChI is InChI=1S/C20H29FN2O4/c1-14(2)9-22-10-16(27-13-15-7-5-6-8-17(15)21)11-23(12-18(22)24)19(25)20(3,4)26/h5-8,14,16,26H,9-13H2,1-4H3. The van der Waals surface area contributed by atoms with Gasteiger partial charge in [0.05, 0.1) is 19.3 Å². The Morgan fingerprint density at radius 2 is 2.00 bits per heavy atom. The van der Waals surface area contributed by atoms with E-state index in [0.717, 1.165) is 0 Å². The van der Waals surface area contributed by atoms with E-state index in [0.29, 0.717) is 18.7 Å². The molecule has 27 heavy (non-hydrogen) atoms. The molecule has 1 unspecified atom stereocenters. The monoisotopic (exact) mass is 380 g/mol. The molecular formula is C20H29FN2O4. The van der Waals surface area contributed by atoms with Crippen LogP contribution in [0.4, 0.5) is 4.39 Å². The number of rotatable bonds is 6. The fraction of sp³-hybridized carbons (Fsp3) is 0.600. The predicted molar refractivity (Wildman–Crippen MR) is 99.3 cm³/mol. The van der Waals surface area contributed by atoms with E-state index in [9.17, 15) is 19.1 Å². The van der Waals surface area contributed by atoms with Crippen LogP contribution in [0, 0.1) is 11.7 Å². The van der Waals surface area contributed by atoms with E-state index >= 15 is 0 Å². The Kier molecular flexibility index (Phi) is 6.95. The first-order valence-corrected chi connectivity index (χ1v) is 9.22. The van der Waals surface area contributed by atoms with Crippen LogP contribution in [0.1, 0.15) is 33.3 Å². The van der Waals surface area contributed by atoms with Crippen molar-refractivity contribution < 1.29 is 23.8 Å². The first kappa shape index (κ1) is 21.3. The summed E-state index contributed by atoms with van der Waals surface area (Å²) in [5, 5.41) is 10.1. The molecule has 1 aromatic carbocycles. The number of nitrogens with zero attached hydrogens (tertiary/aromatic N) is 2. The summed E-state index contributed by atoms with van der Waals surface area (Å²) in [4.78, 5) is 28.1. The van der Waals surface area contributed by atoms with Crippen molar-refractivity contribution in [2.24, 2.45) is 5.92 Å². The summed E-state index contributed by atoms with van der Waals surface area (Å²) in [6, 6.07) is 6.35. The molecule has 150 valence electrons. The van der Waals surface area contributed by atoms with Crippen molar-refractivity contribution in [3.63, 3.8) is 0 Å². The fourth-order valence-corrected chi connectivity index (χ4v) is 3.07. The zero-order chi connectivity index (χ0) is 20.2. The number of benzene rings is 1. The van der Waals surface area contributed by atoms with Crippen LogP contribution in [0.2, 0.25) is 0 Å². The van der Waals surface area contributed by atoms with Crippen molar-refractivity contribution in [3.05, 3.63) is 35.6 Å². The van der Waals surface area contributed by atoms with E-state index < -0.39 is 17.6 Å². The van der Waals surface area contributed by atoms with E-state index in [1.54, 1.807) is 23.1 Å². The number of hydrogen-bond donors (Lipinski definition) is 1. The molecule has 6 nitrogen and oxygen atoms in total. The average molecular weight is 380 g/mol. The largest absolute Gasteiger partial charge is 0.381 e. The normalized spacial score (nSPS) is 18.8. The molecule has 0 saturated carbocycles.